The Balaban J connectivity index is 2.03. The van der Waals surface area contributed by atoms with Gasteiger partial charge in [-0.25, -0.2) is 0 Å². The number of carbonyl (C=O) groups is 1. The second-order valence-electron chi connectivity index (χ2n) is 5.04. The maximum absolute atomic E-state index is 11.9. The molecule has 0 spiro atoms. The van der Waals surface area contributed by atoms with Crippen LogP contribution in [-0.2, 0) is 12.1 Å². The van der Waals surface area contributed by atoms with Crippen LogP contribution in [-0.4, -0.2) is 17.9 Å². The molecule has 1 heterocycles. The highest BCUT2D eigenvalue weighted by molar-refractivity contribution is 5.98. The van der Waals surface area contributed by atoms with E-state index in [1.54, 1.807) is 4.90 Å². The van der Waals surface area contributed by atoms with Crippen molar-refractivity contribution < 1.29 is 4.79 Å². The number of carbonyl (C=O) groups excluding carboxylic acids is 1. The fourth-order valence-electron chi connectivity index (χ4n) is 2.60. The highest BCUT2D eigenvalue weighted by atomic mass is 16.2. The van der Waals surface area contributed by atoms with Gasteiger partial charge in [0.05, 0.1) is 0 Å². The first-order valence-corrected chi connectivity index (χ1v) is 5.78. The average molecular weight is 216 g/mol. The molecule has 1 saturated carbocycles. The molecular weight excluding hydrogens is 200 g/mol. The highest BCUT2D eigenvalue weighted by Gasteiger charge is 2.36. The molecule has 2 aliphatic rings. The van der Waals surface area contributed by atoms with Crippen molar-refractivity contribution in [2.45, 2.75) is 31.3 Å². The Hall–Kier alpha value is -1.35. The monoisotopic (exact) mass is 216 g/mol. The molecule has 0 atom stereocenters. The van der Waals surface area contributed by atoms with Gasteiger partial charge in [0.15, 0.2) is 0 Å². The third-order valence-corrected chi connectivity index (χ3v) is 3.92. The minimum absolute atomic E-state index is 0.125. The molecule has 16 heavy (non-hydrogen) atoms. The van der Waals surface area contributed by atoms with Gasteiger partial charge in [0, 0.05) is 24.7 Å². The molecule has 0 unspecified atom stereocenters. The summed E-state index contributed by atoms with van der Waals surface area (Å²) in [5.74, 6) is 0.125. The molecule has 1 aliphatic carbocycles. The molecule has 0 aromatic heterocycles. The molecule has 3 heteroatoms. The lowest BCUT2D eigenvalue weighted by Gasteiger charge is -2.38. The Kier molecular flexibility index (Phi) is 1.89. The van der Waals surface area contributed by atoms with Gasteiger partial charge in [0.2, 0.25) is 0 Å². The van der Waals surface area contributed by atoms with E-state index in [9.17, 15) is 4.79 Å². The zero-order valence-electron chi connectivity index (χ0n) is 9.49. The number of hydrogen-bond acceptors (Lipinski definition) is 2. The predicted octanol–water partition coefficient (Wildman–Crippen LogP) is 1.61. The van der Waals surface area contributed by atoms with Crippen LogP contribution in [0.4, 0.5) is 0 Å². The van der Waals surface area contributed by atoms with Crippen LogP contribution in [0.1, 0.15) is 40.7 Å². The predicted molar refractivity (Wildman–Crippen MR) is 62.0 cm³/mol. The van der Waals surface area contributed by atoms with Crippen molar-refractivity contribution in [1.82, 2.24) is 4.90 Å². The molecule has 0 saturated heterocycles. The molecule has 1 aromatic carbocycles. The van der Waals surface area contributed by atoms with Crippen LogP contribution < -0.4 is 5.73 Å². The third-order valence-electron chi connectivity index (χ3n) is 3.92. The van der Waals surface area contributed by atoms with E-state index in [-0.39, 0.29) is 11.4 Å². The van der Waals surface area contributed by atoms with Crippen molar-refractivity contribution in [2.75, 3.05) is 7.05 Å². The zero-order chi connectivity index (χ0) is 11.3. The minimum atomic E-state index is -0.170. The molecule has 3 nitrogen and oxygen atoms in total. The van der Waals surface area contributed by atoms with E-state index in [0.29, 0.717) is 0 Å². The maximum atomic E-state index is 11.9. The molecule has 1 fully saturated rings. The average Bonchev–Trinajstić information content (AvgIpc) is 2.51. The van der Waals surface area contributed by atoms with Crippen molar-refractivity contribution in [2.24, 2.45) is 5.73 Å². The van der Waals surface area contributed by atoms with E-state index >= 15 is 0 Å². The van der Waals surface area contributed by atoms with E-state index in [0.717, 1.165) is 36.1 Å². The number of hydrogen-bond donors (Lipinski definition) is 1. The molecule has 0 radical (unpaired) electrons. The second-order valence-corrected chi connectivity index (χ2v) is 5.04. The normalized spacial score (nSPS) is 21.9. The summed E-state index contributed by atoms with van der Waals surface area (Å²) in [4.78, 5) is 13.6. The summed E-state index contributed by atoms with van der Waals surface area (Å²) < 4.78 is 0. The standard InChI is InChI=1S/C13H16N2O/c1-15-8-9-3-4-10(7-11(9)12(15)16)13(14)5-2-6-13/h3-4,7H,2,5-6,8,14H2,1H3. The number of nitrogens with zero attached hydrogens (tertiary/aromatic N) is 1. The Bertz CT molecular complexity index is 463. The van der Waals surface area contributed by atoms with Gasteiger partial charge in [-0.2, -0.15) is 0 Å². The molecule has 84 valence electrons. The topological polar surface area (TPSA) is 46.3 Å². The van der Waals surface area contributed by atoms with Gasteiger partial charge in [-0.05, 0) is 36.5 Å². The van der Waals surface area contributed by atoms with Crippen LogP contribution in [0.2, 0.25) is 0 Å². The highest BCUT2D eigenvalue weighted by Crippen LogP contribution is 2.39. The maximum Gasteiger partial charge on any atom is 0.254 e. The quantitative estimate of drug-likeness (QED) is 0.775. The van der Waals surface area contributed by atoms with Gasteiger partial charge in [-0.1, -0.05) is 12.1 Å². The molecule has 1 aliphatic heterocycles. The summed E-state index contributed by atoms with van der Waals surface area (Å²) in [5, 5.41) is 0. The number of rotatable bonds is 1. The fraction of sp³-hybridized carbons (Fsp3) is 0.462. The fourth-order valence-corrected chi connectivity index (χ4v) is 2.60. The van der Waals surface area contributed by atoms with Gasteiger partial charge in [-0.15, -0.1) is 0 Å². The summed E-state index contributed by atoms with van der Waals surface area (Å²) in [6.45, 7) is 0.728. The van der Waals surface area contributed by atoms with Crippen molar-refractivity contribution >= 4 is 5.91 Å². The summed E-state index contributed by atoms with van der Waals surface area (Å²) >= 11 is 0. The van der Waals surface area contributed by atoms with Crippen LogP contribution in [0.3, 0.4) is 0 Å². The van der Waals surface area contributed by atoms with E-state index in [2.05, 4.69) is 12.1 Å². The largest absolute Gasteiger partial charge is 0.337 e. The molecule has 3 rings (SSSR count). The minimum Gasteiger partial charge on any atom is -0.337 e. The molecule has 0 bridgehead atoms. The van der Waals surface area contributed by atoms with Gasteiger partial charge < -0.3 is 10.6 Å². The summed E-state index contributed by atoms with van der Waals surface area (Å²) in [6, 6.07) is 6.14. The van der Waals surface area contributed by atoms with Crippen LogP contribution in [0.15, 0.2) is 18.2 Å². The third kappa shape index (κ3) is 1.21. The number of amides is 1. The van der Waals surface area contributed by atoms with Crippen molar-refractivity contribution in [3.8, 4) is 0 Å². The first-order chi connectivity index (χ1) is 7.60. The lowest BCUT2D eigenvalue weighted by atomic mass is 9.72. The Morgan fingerprint density at radius 1 is 1.38 bits per heavy atom. The summed E-state index contributed by atoms with van der Waals surface area (Å²) in [7, 11) is 1.84. The van der Waals surface area contributed by atoms with Gasteiger partial charge in [0.25, 0.3) is 5.91 Å². The van der Waals surface area contributed by atoms with Crippen LogP contribution in [0.25, 0.3) is 0 Å². The van der Waals surface area contributed by atoms with Gasteiger partial charge in [0.1, 0.15) is 0 Å². The Morgan fingerprint density at radius 3 is 2.75 bits per heavy atom. The SMILES string of the molecule is CN1Cc2ccc(C3(N)CCC3)cc2C1=O. The first kappa shape index (κ1) is 9.85. The zero-order valence-corrected chi connectivity index (χ0v) is 9.49. The van der Waals surface area contributed by atoms with Crippen molar-refractivity contribution in [1.29, 1.82) is 0 Å². The van der Waals surface area contributed by atoms with Crippen LogP contribution in [0.5, 0.6) is 0 Å². The molecule has 2 N–H and O–H groups in total. The molecule has 1 amide bonds. The Labute approximate surface area is 95.2 Å². The number of fused-ring (bicyclic) bond motifs is 1. The van der Waals surface area contributed by atoms with E-state index in [1.807, 2.05) is 13.1 Å². The number of benzene rings is 1. The lowest BCUT2D eigenvalue weighted by molar-refractivity contribution is 0.0816. The summed E-state index contributed by atoms with van der Waals surface area (Å²) in [6.07, 6.45) is 3.27. The second kappa shape index (κ2) is 3.08. The molecule has 1 aromatic rings. The first-order valence-electron chi connectivity index (χ1n) is 5.78. The van der Waals surface area contributed by atoms with Crippen LogP contribution in [0, 0.1) is 0 Å². The van der Waals surface area contributed by atoms with Crippen molar-refractivity contribution in [3.05, 3.63) is 34.9 Å². The number of nitrogens with two attached hydrogens (primary N) is 1. The van der Waals surface area contributed by atoms with Gasteiger partial charge in [-0.3, -0.25) is 4.79 Å². The molecular formula is C13H16N2O. The van der Waals surface area contributed by atoms with Crippen LogP contribution >= 0.6 is 0 Å². The van der Waals surface area contributed by atoms with Crippen molar-refractivity contribution in [3.63, 3.8) is 0 Å². The summed E-state index contributed by atoms with van der Waals surface area (Å²) in [5.41, 5.74) is 9.20. The van der Waals surface area contributed by atoms with E-state index in [1.165, 1.54) is 6.42 Å². The van der Waals surface area contributed by atoms with E-state index < -0.39 is 0 Å². The Morgan fingerprint density at radius 2 is 2.12 bits per heavy atom. The van der Waals surface area contributed by atoms with Gasteiger partial charge >= 0.3 is 0 Å². The smallest absolute Gasteiger partial charge is 0.254 e. The lowest BCUT2D eigenvalue weighted by Crippen LogP contribution is -2.43. The van der Waals surface area contributed by atoms with E-state index in [4.69, 9.17) is 5.73 Å².